The molecule has 1 heterocycles. The highest BCUT2D eigenvalue weighted by atomic mass is 16.6. The molecule has 0 saturated heterocycles. The molecule has 1 aromatic heterocycles. The Hall–Kier alpha value is -0.990. The normalized spacial score (nSPS) is 9.33. The fourth-order valence-electron chi connectivity index (χ4n) is 1.09. The zero-order valence-electron chi connectivity index (χ0n) is 10.4. The van der Waals surface area contributed by atoms with E-state index in [9.17, 15) is 0 Å². The van der Waals surface area contributed by atoms with Crippen LogP contribution >= 0.6 is 0 Å². The zero-order valence-corrected chi connectivity index (χ0v) is 10.4. The van der Waals surface area contributed by atoms with E-state index >= 15 is 0 Å². The first-order chi connectivity index (χ1) is 7.33. The van der Waals surface area contributed by atoms with Gasteiger partial charge in [0, 0.05) is 0 Å². The summed E-state index contributed by atoms with van der Waals surface area (Å²) < 4.78 is 10.5. The predicted octanol–water partition coefficient (Wildman–Crippen LogP) is 3.97. The number of unbranched alkanes of at least 4 members (excludes halogenated alkanes) is 3. The first-order valence-corrected chi connectivity index (χ1v) is 5.88. The molecule has 3 heteroatoms. The highest BCUT2D eigenvalue weighted by molar-refractivity contribution is 4.94. The smallest absolute Gasteiger partial charge is 0.393 e. The number of aryl methyl sites for hydroxylation is 1. The summed E-state index contributed by atoms with van der Waals surface area (Å²) in [5.74, 6) is 0.795. The van der Waals surface area contributed by atoms with Gasteiger partial charge in [-0.25, -0.2) is 0 Å². The number of ether oxygens (including phenoxy) is 1. The molecular formula is C12H23NO2. The van der Waals surface area contributed by atoms with Crippen molar-refractivity contribution in [3.63, 3.8) is 0 Å². The van der Waals surface area contributed by atoms with E-state index in [0.717, 1.165) is 12.2 Å². The second-order valence-corrected chi connectivity index (χ2v) is 3.15. The van der Waals surface area contributed by atoms with Crippen LogP contribution in [-0.4, -0.2) is 11.6 Å². The third kappa shape index (κ3) is 7.00. The average Bonchev–Trinajstić information content (AvgIpc) is 2.67. The van der Waals surface area contributed by atoms with Crippen molar-refractivity contribution in [2.24, 2.45) is 0 Å². The molecule has 0 aliphatic carbocycles. The molecule has 0 amide bonds. The Bertz CT molecular complexity index is 233. The summed E-state index contributed by atoms with van der Waals surface area (Å²) >= 11 is 0. The molecule has 0 radical (unpaired) electrons. The van der Waals surface area contributed by atoms with Crippen LogP contribution < -0.4 is 4.74 Å². The van der Waals surface area contributed by atoms with E-state index < -0.39 is 0 Å². The van der Waals surface area contributed by atoms with Gasteiger partial charge in [-0.15, -0.1) is 0 Å². The summed E-state index contributed by atoms with van der Waals surface area (Å²) in [6.07, 6.45) is 6.88. The Morgan fingerprint density at radius 1 is 1.27 bits per heavy atom. The molecule has 1 rings (SSSR count). The summed E-state index contributed by atoms with van der Waals surface area (Å²) in [4.78, 5) is 3.94. The maximum absolute atomic E-state index is 5.30. The molecule has 0 aromatic carbocycles. The third-order valence-electron chi connectivity index (χ3n) is 1.82. The Morgan fingerprint density at radius 3 is 2.53 bits per heavy atom. The molecule has 0 N–H and O–H groups in total. The lowest BCUT2D eigenvalue weighted by molar-refractivity contribution is 0.221. The minimum atomic E-state index is 0.397. The van der Waals surface area contributed by atoms with Crippen LogP contribution in [0.2, 0.25) is 0 Å². The van der Waals surface area contributed by atoms with Crippen LogP contribution in [0.5, 0.6) is 6.08 Å². The molecule has 0 fully saturated rings. The van der Waals surface area contributed by atoms with Crippen LogP contribution in [0.25, 0.3) is 0 Å². The van der Waals surface area contributed by atoms with E-state index in [1.54, 1.807) is 6.20 Å². The Balaban J connectivity index is 0.000000921. The van der Waals surface area contributed by atoms with E-state index in [-0.39, 0.29) is 0 Å². The first-order valence-electron chi connectivity index (χ1n) is 5.88. The van der Waals surface area contributed by atoms with Crippen molar-refractivity contribution < 1.29 is 9.15 Å². The average molecular weight is 213 g/mol. The van der Waals surface area contributed by atoms with Crippen molar-refractivity contribution in [2.75, 3.05) is 6.61 Å². The van der Waals surface area contributed by atoms with E-state index in [1.165, 1.54) is 19.3 Å². The van der Waals surface area contributed by atoms with Crippen molar-refractivity contribution in [3.05, 3.63) is 12.0 Å². The zero-order chi connectivity index (χ0) is 11.5. The van der Waals surface area contributed by atoms with E-state index in [0.29, 0.717) is 12.7 Å². The predicted molar refractivity (Wildman–Crippen MR) is 62.2 cm³/mol. The van der Waals surface area contributed by atoms with Crippen molar-refractivity contribution in [3.8, 4) is 6.08 Å². The summed E-state index contributed by atoms with van der Waals surface area (Å²) in [5, 5.41) is 0. The second-order valence-electron chi connectivity index (χ2n) is 3.15. The molecule has 88 valence electrons. The quantitative estimate of drug-likeness (QED) is 0.671. The molecule has 3 nitrogen and oxygen atoms in total. The Labute approximate surface area is 92.8 Å². The number of hydrogen-bond acceptors (Lipinski definition) is 3. The van der Waals surface area contributed by atoms with Crippen LogP contribution in [0, 0.1) is 6.92 Å². The van der Waals surface area contributed by atoms with Gasteiger partial charge in [-0.1, -0.05) is 40.0 Å². The van der Waals surface area contributed by atoms with Crippen LogP contribution in [0.15, 0.2) is 10.6 Å². The summed E-state index contributed by atoms with van der Waals surface area (Å²) in [6, 6.07) is 0. The lowest BCUT2D eigenvalue weighted by Gasteiger charge is -1.99. The number of rotatable bonds is 6. The van der Waals surface area contributed by atoms with Crippen molar-refractivity contribution in [1.82, 2.24) is 4.98 Å². The van der Waals surface area contributed by atoms with Gasteiger partial charge >= 0.3 is 6.08 Å². The maximum atomic E-state index is 5.30. The lowest BCUT2D eigenvalue weighted by Crippen LogP contribution is -1.96. The van der Waals surface area contributed by atoms with E-state index in [2.05, 4.69) is 11.9 Å². The van der Waals surface area contributed by atoms with Crippen LogP contribution in [0.1, 0.15) is 52.2 Å². The van der Waals surface area contributed by atoms with Crippen LogP contribution in [0.3, 0.4) is 0 Å². The topological polar surface area (TPSA) is 35.3 Å². The first kappa shape index (κ1) is 14.0. The molecule has 0 unspecified atom stereocenters. The standard InChI is InChI=1S/C10H17NO2.C2H6/c1-3-4-5-6-7-12-10-11-8-9(2)13-10;1-2/h8H,3-7H2,1-2H3;1-2H3. The summed E-state index contributed by atoms with van der Waals surface area (Å²) in [5.41, 5.74) is 0. The molecule has 0 aliphatic rings. The highest BCUT2D eigenvalue weighted by Gasteiger charge is 1.99. The molecular weight excluding hydrogens is 190 g/mol. The van der Waals surface area contributed by atoms with E-state index in [1.807, 2.05) is 20.8 Å². The van der Waals surface area contributed by atoms with Gasteiger partial charge in [-0.3, -0.25) is 0 Å². The minimum Gasteiger partial charge on any atom is -0.450 e. The highest BCUT2D eigenvalue weighted by Crippen LogP contribution is 2.10. The van der Waals surface area contributed by atoms with Gasteiger partial charge in [-0.2, -0.15) is 4.98 Å². The van der Waals surface area contributed by atoms with Gasteiger partial charge in [0.25, 0.3) is 0 Å². The Kier molecular flexibility index (Phi) is 8.93. The molecule has 0 bridgehead atoms. The molecule has 1 aromatic rings. The summed E-state index contributed by atoms with van der Waals surface area (Å²) in [6.45, 7) is 8.76. The lowest BCUT2D eigenvalue weighted by atomic mass is 10.2. The fraction of sp³-hybridized carbons (Fsp3) is 0.750. The summed E-state index contributed by atoms with van der Waals surface area (Å²) in [7, 11) is 0. The SMILES string of the molecule is CC.CCCCCCOc1ncc(C)o1. The number of aromatic nitrogens is 1. The fourth-order valence-corrected chi connectivity index (χ4v) is 1.09. The van der Waals surface area contributed by atoms with Crippen LogP contribution in [-0.2, 0) is 0 Å². The molecule has 0 atom stereocenters. The number of hydrogen-bond donors (Lipinski definition) is 0. The third-order valence-corrected chi connectivity index (χ3v) is 1.82. The van der Waals surface area contributed by atoms with Gasteiger partial charge in [-0.05, 0) is 13.3 Å². The van der Waals surface area contributed by atoms with Gasteiger partial charge < -0.3 is 9.15 Å². The minimum absolute atomic E-state index is 0.397. The van der Waals surface area contributed by atoms with Crippen molar-refractivity contribution >= 4 is 0 Å². The van der Waals surface area contributed by atoms with Gasteiger partial charge in [0.1, 0.15) is 5.76 Å². The van der Waals surface area contributed by atoms with E-state index in [4.69, 9.17) is 9.15 Å². The van der Waals surface area contributed by atoms with Gasteiger partial charge in [0.05, 0.1) is 12.8 Å². The largest absolute Gasteiger partial charge is 0.450 e. The van der Waals surface area contributed by atoms with Crippen LogP contribution in [0.4, 0.5) is 0 Å². The number of nitrogens with zero attached hydrogens (tertiary/aromatic N) is 1. The molecule has 0 spiro atoms. The second kappa shape index (κ2) is 9.56. The molecule has 15 heavy (non-hydrogen) atoms. The monoisotopic (exact) mass is 213 g/mol. The number of oxazole rings is 1. The van der Waals surface area contributed by atoms with Gasteiger partial charge in [0.2, 0.25) is 0 Å². The molecule has 0 saturated carbocycles. The molecule has 0 aliphatic heterocycles. The maximum Gasteiger partial charge on any atom is 0.393 e. The van der Waals surface area contributed by atoms with Gasteiger partial charge in [0.15, 0.2) is 0 Å². The van der Waals surface area contributed by atoms with Crippen molar-refractivity contribution in [1.29, 1.82) is 0 Å². The Morgan fingerprint density at radius 2 is 2.00 bits per heavy atom. The van der Waals surface area contributed by atoms with Crippen molar-refractivity contribution in [2.45, 2.75) is 53.4 Å².